The van der Waals surface area contributed by atoms with Gasteiger partial charge in [-0.1, -0.05) is 48.2 Å². The summed E-state index contributed by atoms with van der Waals surface area (Å²) in [4.78, 5) is 28.0. The molecule has 0 saturated carbocycles. The van der Waals surface area contributed by atoms with E-state index >= 15 is 0 Å². The Kier molecular flexibility index (Phi) is 8.27. The number of amides is 2. The van der Waals surface area contributed by atoms with Gasteiger partial charge < -0.3 is 9.47 Å². The average Bonchev–Trinajstić information content (AvgIpc) is 3.36. The molecule has 0 saturated heterocycles. The molecular weight excluding hydrogens is 635 g/mol. The topological polar surface area (TPSA) is 90.0 Å². The van der Waals surface area contributed by atoms with Gasteiger partial charge in [0.1, 0.15) is 23.0 Å². The van der Waals surface area contributed by atoms with Gasteiger partial charge in [-0.3, -0.25) is 9.59 Å². The minimum Gasteiger partial charge on any atom is -0.457 e. The van der Waals surface area contributed by atoms with Crippen molar-refractivity contribution in [3.63, 3.8) is 0 Å². The van der Waals surface area contributed by atoms with Crippen molar-refractivity contribution < 1.29 is 27.5 Å². The summed E-state index contributed by atoms with van der Waals surface area (Å²) in [5.41, 5.74) is 3.44. The summed E-state index contributed by atoms with van der Waals surface area (Å²) >= 11 is 0. The molecule has 0 N–H and O–H groups in total. The second kappa shape index (κ2) is 13.0. The SMILES string of the molecule is Cc1cccc(Oc2ccc(S(=O)(=O)c3ccc(Oc4cccc(N5C(=O)c6ccc(C#Cc7ccccc7)cc6C5=O)c4)cc3)cc2)c1. The number of nitrogens with zero attached hydrogens (tertiary/aromatic N) is 1. The number of hydrogen-bond acceptors (Lipinski definition) is 6. The van der Waals surface area contributed by atoms with Crippen LogP contribution in [0.2, 0.25) is 0 Å². The highest BCUT2D eigenvalue weighted by Gasteiger charge is 2.37. The number of carbonyl (C=O) groups excluding carboxylic acids is 2. The van der Waals surface area contributed by atoms with Crippen molar-refractivity contribution in [3.8, 4) is 34.8 Å². The van der Waals surface area contributed by atoms with Gasteiger partial charge >= 0.3 is 0 Å². The van der Waals surface area contributed by atoms with Crippen LogP contribution in [-0.4, -0.2) is 20.2 Å². The van der Waals surface area contributed by atoms with Crippen molar-refractivity contribution in [2.24, 2.45) is 0 Å². The predicted octanol–water partition coefficient (Wildman–Crippen LogP) is 8.61. The lowest BCUT2D eigenvalue weighted by Gasteiger charge is -2.15. The zero-order chi connectivity index (χ0) is 34.0. The number of fused-ring (bicyclic) bond motifs is 1. The highest BCUT2D eigenvalue weighted by Crippen LogP contribution is 2.33. The molecule has 0 unspecified atom stereocenters. The lowest BCUT2D eigenvalue weighted by atomic mass is 10.1. The van der Waals surface area contributed by atoms with E-state index in [4.69, 9.17) is 9.47 Å². The molecular formula is C41H27NO6S. The molecule has 49 heavy (non-hydrogen) atoms. The van der Waals surface area contributed by atoms with Crippen LogP contribution < -0.4 is 14.4 Å². The second-order valence-electron chi connectivity index (χ2n) is 11.3. The molecule has 0 bridgehead atoms. The molecule has 2 amide bonds. The molecule has 6 aromatic carbocycles. The third kappa shape index (κ3) is 6.57. The van der Waals surface area contributed by atoms with Crippen LogP contribution in [0.3, 0.4) is 0 Å². The van der Waals surface area contributed by atoms with Crippen molar-refractivity contribution >= 4 is 27.3 Å². The van der Waals surface area contributed by atoms with Crippen LogP contribution >= 0.6 is 0 Å². The first-order chi connectivity index (χ1) is 23.7. The lowest BCUT2D eigenvalue weighted by molar-refractivity contribution is 0.0926. The van der Waals surface area contributed by atoms with Crippen molar-refractivity contribution in [3.05, 3.63) is 173 Å². The van der Waals surface area contributed by atoms with E-state index in [0.29, 0.717) is 39.8 Å². The van der Waals surface area contributed by atoms with Crippen LogP contribution in [0.1, 0.15) is 37.4 Å². The Bertz CT molecular complexity index is 2390. The fourth-order valence-corrected chi connectivity index (χ4v) is 6.63. The molecule has 238 valence electrons. The molecule has 0 aliphatic carbocycles. The maximum absolute atomic E-state index is 13.4. The van der Waals surface area contributed by atoms with Gasteiger partial charge in [-0.25, -0.2) is 13.3 Å². The monoisotopic (exact) mass is 661 g/mol. The standard InChI is InChI=1S/C41H27NO6S/c1-28-7-5-11-34(25-28)47-32-16-20-36(21-17-32)49(45,46)37-22-18-33(19-23-37)48-35-12-6-10-31(27-35)42-40(43)38-24-15-30(26-39(38)41(42)44)14-13-29-8-3-2-4-9-29/h2-12,15-27H,1H3. The first kappa shape index (κ1) is 31.2. The van der Waals surface area contributed by atoms with Crippen LogP contribution in [0.4, 0.5) is 5.69 Å². The molecule has 0 spiro atoms. The molecule has 0 radical (unpaired) electrons. The van der Waals surface area contributed by atoms with Gasteiger partial charge in [0.05, 0.1) is 26.6 Å². The normalized spacial score (nSPS) is 12.2. The number of benzene rings is 6. The largest absolute Gasteiger partial charge is 0.457 e. The summed E-state index contributed by atoms with van der Waals surface area (Å²) < 4.78 is 38.5. The minimum absolute atomic E-state index is 0.0970. The van der Waals surface area contributed by atoms with E-state index in [1.54, 1.807) is 66.7 Å². The summed E-state index contributed by atoms with van der Waals surface area (Å²) in [6, 6.07) is 40.9. The number of rotatable bonds is 7. The first-order valence-corrected chi connectivity index (χ1v) is 16.8. The van der Waals surface area contributed by atoms with E-state index in [-0.39, 0.29) is 15.4 Å². The highest BCUT2D eigenvalue weighted by atomic mass is 32.2. The Morgan fingerprint density at radius 2 is 1.08 bits per heavy atom. The molecule has 7 nitrogen and oxygen atoms in total. The summed E-state index contributed by atoms with van der Waals surface area (Å²) in [6.07, 6.45) is 0. The zero-order valence-electron chi connectivity index (χ0n) is 26.2. The molecule has 1 aliphatic rings. The quantitative estimate of drug-likeness (QED) is 0.126. The number of sulfone groups is 1. The number of carbonyl (C=O) groups is 2. The van der Waals surface area contributed by atoms with Gasteiger partial charge in [0.2, 0.25) is 9.84 Å². The Balaban J connectivity index is 1.04. The fraction of sp³-hybridized carbons (Fsp3) is 0.0244. The molecule has 0 aromatic heterocycles. The van der Waals surface area contributed by atoms with E-state index < -0.39 is 21.7 Å². The number of ether oxygens (including phenoxy) is 2. The Hall–Kier alpha value is -6.43. The molecule has 1 heterocycles. The highest BCUT2D eigenvalue weighted by molar-refractivity contribution is 7.91. The Morgan fingerprint density at radius 3 is 1.71 bits per heavy atom. The summed E-state index contributed by atoms with van der Waals surface area (Å²) in [5.74, 6) is 7.16. The van der Waals surface area contributed by atoms with E-state index in [1.807, 2.05) is 61.5 Å². The molecule has 1 aliphatic heterocycles. The van der Waals surface area contributed by atoms with Crippen LogP contribution in [0.25, 0.3) is 0 Å². The lowest BCUT2D eigenvalue weighted by Crippen LogP contribution is -2.29. The molecule has 0 atom stereocenters. The van der Waals surface area contributed by atoms with E-state index in [2.05, 4.69) is 11.8 Å². The molecule has 7 rings (SSSR count). The maximum atomic E-state index is 13.4. The Labute approximate surface area is 283 Å². The van der Waals surface area contributed by atoms with Gasteiger partial charge in [-0.05, 0) is 116 Å². The number of anilines is 1. The predicted molar refractivity (Wildman–Crippen MR) is 186 cm³/mol. The van der Waals surface area contributed by atoms with Crippen LogP contribution in [-0.2, 0) is 9.84 Å². The van der Waals surface area contributed by atoms with Crippen LogP contribution in [0, 0.1) is 18.8 Å². The van der Waals surface area contributed by atoms with Crippen molar-refractivity contribution in [1.29, 1.82) is 0 Å². The Morgan fingerprint density at radius 1 is 0.510 bits per heavy atom. The number of imide groups is 1. The molecule has 6 aromatic rings. The van der Waals surface area contributed by atoms with Crippen LogP contribution in [0.5, 0.6) is 23.0 Å². The summed E-state index contributed by atoms with van der Waals surface area (Å²) in [6.45, 7) is 1.97. The van der Waals surface area contributed by atoms with Gasteiger partial charge in [0.15, 0.2) is 0 Å². The minimum atomic E-state index is -3.80. The van der Waals surface area contributed by atoms with Gasteiger partial charge in [-0.15, -0.1) is 0 Å². The van der Waals surface area contributed by atoms with Gasteiger partial charge in [0, 0.05) is 17.2 Å². The van der Waals surface area contributed by atoms with Gasteiger partial charge in [0.25, 0.3) is 11.8 Å². The summed E-state index contributed by atoms with van der Waals surface area (Å²) in [5, 5.41) is 0. The van der Waals surface area contributed by atoms with E-state index in [9.17, 15) is 18.0 Å². The second-order valence-corrected chi connectivity index (χ2v) is 13.2. The third-order valence-corrected chi connectivity index (χ3v) is 9.60. The zero-order valence-corrected chi connectivity index (χ0v) is 27.0. The first-order valence-electron chi connectivity index (χ1n) is 15.3. The smallest absolute Gasteiger partial charge is 0.266 e. The molecule has 8 heteroatoms. The number of hydrogen-bond donors (Lipinski definition) is 0. The van der Waals surface area contributed by atoms with Crippen molar-refractivity contribution in [1.82, 2.24) is 0 Å². The molecule has 0 fully saturated rings. The van der Waals surface area contributed by atoms with Crippen molar-refractivity contribution in [2.45, 2.75) is 16.7 Å². The van der Waals surface area contributed by atoms with E-state index in [1.165, 1.54) is 24.3 Å². The van der Waals surface area contributed by atoms with E-state index in [0.717, 1.165) is 16.0 Å². The number of aryl methyl sites for hydroxylation is 1. The third-order valence-electron chi connectivity index (χ3n) is 7.82. The van der Waals surface area contributed by atoms with Crippen LogP contribution in [0.15, 0.2) is 155 Å². The fourth-order valence-electron chi connectivity index (χ4n) is 5.37. The maximum Gasteiger partial charge on any atom is 0.266 e. The summed E-state index contributed by atoms with van der Waals surface area (Å²) in [7, 11) is -3.80. The van der Waals surface area contributed by atoms with Crippen molar-refractivity contribution in [2.75, 3.05) is 4.90 Å². The van der Waals surface area contributed by atoms with Gasteiger partial charge in [-0.2, -0.15) is 0 Å². The average molecular weight is 662 g/mol.